The normalized spacial score (nSPS) is 25.8. The van der Waals surface area contributed by atoms with Gasteiger partial charge in [0, 0.05) is 31.6 Å². The number of nitrogens with one attached hydrogen (secondary N) is 3. The Bertz CT molecular complexity index is 1550. The van der Waals surface area contributed by atoms with Crippen LogP contribution in [0, 0.1) is 0 Å². The predicted molar refractivity (Wildman–Crippen MR) is 188 cm³/mol. The summed E-state index contributed by atoms with van der Waals surface area (Å²) in [6.45, 7) is 2.39. The maximum atomic E-state index is 13.6. The standard InChI is InChI=1S/C36H46N4O8S2/c1-40(15-12-32(44)38-14-5-3-2-4-13-37-21-29(43)23-10-11-28(42)25(18-23)39-22-41)26-19-24(20-27(40)34-33(26)48-34)47-35(45)36(46,30-8-6-16-49-30)31-9-7-17-50-31/h6-11,16-18,22,24,26-27,29,33-34,37,43,46H,2-5,12-15,19-21H2,1H3,(H2-,38,39,41,42,44)/t24?,26?,27?,29-,33?,34?,40?/m0/s1. The molecule has 3 fully saturated rings. The van der Waals surface area contributed by atoms with Crippen LogP contribution in [-0.2, 0) is 29.5 Å². The lowest BCUT2D eigenvalue weighted by Crippen LogP contribution is -2.63. The number of nitrogens with zero attached hydrogens (tertiary/aromatic N) is 1. The van der Waals surface area contributed by atoms with Gasteiger partial charge < -0.3 is 45.2 Å². The van der Waals surface area contributed by atoms with Crippen molar-refractivity contribution < 1.29 is 43.7 Å². The highest BCUT2D eigenvalue weighted by atomic mass is 32.1. The zero-order valence-electron chi connectivity index (χ0n) is 28.1. The molecule has 0 radical (unpaired) electrons. The summed E-state index contributed by atoms with van der Waals surface area (Å²) in [4.78, 5) is 38.1. The first kappa shape index (κ1) is 36.4. The van der Waals surface area contributed by atoms with Gasteiger partial charge in [-0.3, -0.25) is 9.59 Å². The van der Waals surface area contributed by atoms with Crippen LogP contribution in [0.1, 0.15) is 66.4 Å². The molecule has 3 aliphatic heterocycles. The number of morpholine rings is 1. The van der Waals surface area contributed by atoms with Crippen molar-refractivity contribution in [2.24, 2.45) is 0 Å². The zero-order valence-corrected chi connectivity index (χ0v) is 29.8. The average molecular weight is 727 g/mol. The number of piperidine rings is 1. The summed E-state index contributed by atoms with van der Waals surface area (Å²) in [7, 11) is 2.20. The van der Waals surface area contributed by atoms with E-state index in [2.05, 4.69) is 23.0 Å². The van der Waals surface area contributed by atoms with Gasteiger partial charge in [0.05, 0.1) is 35.9 Å². The Kier molecular flexibility index (Phi) is 11.6. The number of thiophene rings is 2. The second-order valence-corrected chi connectivity index (χ2v) is 15.6. The van der Waals surface area contributed by atoms with Crippen LogP contribution in [0.3, 0.4) is 0 Å². The highest BCUT2D eigenvalue weighted by Gasteiger charge is 2.72. The van der Waals surface area contributed by atoms with Crippen LogP contribution in [0.5, 0.6) is 5.75 Å². The Balaban J connectivity index is 0.873. The van der Waals surface area contributed by atoms with Gasteiger partial charge in [-0.25, -0.2) is 4.79 Å². The maximum absolute atomic E-state index is 13.6. The van der Waals surface area contributed by atoms with E-state index in [0.29, 0.717) is 60.6 Å². The fourth-order valence-corrected chi connectivity index (χ4v) is 9.40. The highest BCUT2D eigenvalue weighted by Crippen LogP contribution is 2.53. The first-order valence-corrected chi connectivity index (χ1v) is 19.1. The Morgan fingerprint density at radius 1 is 1.06 bits per heavy atom. The number of ether oxygens (including phenoxy) is 2. The first-order valence-electron chi connectivity index (χ1n) is 17.3. The molecule has 3 aliphatic rings. The van der Waals surface area contributed by atoms with Gasteiger partial charge in [0.1, 0.15) is 30.4 Å². The van der Waals surface area contributed by atoms with E-state index in [1.165, 1.54) is 34.8 Å². The van der Waals surface area contributed by atoms with E-state index in [1.807, 2.05) is 22.9 Å². The topological polar surface area (TPSA) is 173 Å². The molecule has 12 nitrogen and oxygen atoms in total. The molecule has 2 aromatic heterocycles. The lowest BCUT2D eigenvalue weighted by molar-refractivity contribution is -0.955. The van der Waals surface area contributed by atoms with Crippen molar-refractivity contribution in [1.29, 1.82) is 0 Å². The number of anilines is 1. The molecule has 3 saturated heterocycles. The molecule has 14 heteroatoms. The number of esters is 1. The molecule has 2 bridgehead atoms. The number of likely N-dealkylation sites (N-methyl/N-ethyl adjacent to an activating group) is 1. The summed E-state index contributed by atoms with van der Waals surface area (Å²) in [6.07, 6.45) is 5.02. The average Bonchev–Trinajstić information content (AvgIpc) is 3.41. The van der Waals surface area contributed by atoms with Crippen LogP contribution < -0.4 is 21.1 Å². The van der Waals surface area contributed by atoms with Crippen LogP contribution in [0.25, 0.3) is 0 Å². The fraction of sp³-hybridized carbons (Fsp3) is 0.528. The molecule has 4 unspecified atom stereocenters. The van der Waals surface area contributed by atoms with Crippen molar-refractivity contribution >= 4 is 46.6 Å². The largest absolute Gasteiger partial charge is 0.871 e. The second kappa shape index (κ2) is 15.9. The number of carbonyl (C=O) groups excluding carboxylic acids is 3. The smallest absolute Gasteiger partial charge is 0.349 e. The summed E-state index contributed by atoms with van der Waals surface area (Å²) < 4.78 is 12.8. The quantitative estimate of drug-likeness (QED) is 0.0410. The molecule has 0 aliphatic carbocycles. The zero-order chi connectivity index (χ0) is 35.3. The van der Waals surface area contributed by atoms with Gasteiger partial charge in [-0.05, 0) is 53.9 Å². The molecular formula is C36H46N4O8S2. The second-order valence-electron chi connectivity index (χ2n) is 13.7. The number of unbranched alkanes of at least 4 members (excludes halogenated alkanes) is 3. The number of fused-ring (bicyclic) bond motifs is 5. The van der Waals surface area contributed by atoms with E-state index in [1.54, 1.807) is 18.2 Å². The van der Waals surface area contributed by atoms with Gasteiger partial charge >= 0.3 is 5.97 Å². The molecule has 6 rings (SSSR count). The number of aliphatic hydroxyl groups excluding tert-OH is 1. The number of amides is 2. The van der Waals surface area contributed by atoms with E-state index in [0.717, 1.165) is 36.7 Å². The molecule has 5 N–H and O–H groups in total. The van der Waals surface area contributed by atoms with E-state index in [9.17, 15) is 29.7 Å². The maximum Gasteiger partial charge on any atom is 0.349 e. The molecule has 0 spiro atoms. The van der Waals surface area contributed by atoms with Gasteiger partial charge in [-0.15, -0.1) is 22.7 Å². The van der Waals surface area contributed by atoms with E-state index in [4.69, 9.17) is 9.47 Å². The Morgan fingerprint density at radius 3 is 2.34 bits per heavy atom. The third kappa shape index (κ3) is 7.76. The number of quaternary nitrogens is 1. The summed E-state index contributed by atoms with van der Waals surface area (Å²) >= 11 is 2.66. The third-order valence-corrected chi connectivity index (χ3v) is 12.5. The van der Waals surface area contributed by atoms with Crippen molar-refractivity contribution in [2.45, 2.75) is 87.0 Å². The van der Waals surface area contributed by atoms with E-state index >= 15 is 0 Å². The number of hydrogen-bond acceptors (Lipinski definition) is 11. The molecular weight excluding hydrogens is 681 g/mol. The summed E-state index contributed by atoms with van der Waals surface area (Å²) in [6, 6.07) is 11.8. The Hall–Kier alpha value is -3.37. The van der Waals surface area contributed by atoms with Gasteiger partial charge in [0.2, 0.25) is 17.9 Å². The molecule has 50 heavy (non-hydrogen) atoms. The number of benzene rings is 1. The summed E-state index contributed by atoms with van der Waals surface area (Å²) in [5.41, 5.74) is -1.12. The monoisotopic (exact) mass is 726 g/mol. The fourth-order valence-electron chi connectivity index (χ4n) is 7.69. The van der Waals surface area contributed by atoms with Crippen LogP contribution in [-0.4, -0.2) is 96.6 Å². The van der Waals surface area contributed by atoms with Crippen LogP contribution in [0.2, 0.25) is 0 Å². The molecule has 0 saturated carbocycles. The molecule has 270 valence electrons. The number of carbonyl (C=O) groups is 3. The van der Waals surface area contributed by atoms with Crippen molar-refractivity contribution in [3.05, 3.63) is 68.5 Å². The summed E-state index contributed by atoms with van der Waals surface area (Å²) in [5, 5.41) is 46.1. The number of epoxide rings is 1. The SMILES string of the molecule is C[N+]1(CCC(=O)NCCCCCCNC[C@H](O)c2ccc([O-])c(NC=O)c2)C2CC(OC(=O)C(O)(c3cccs3)c3cccs3)CC1C1OC12. The van der Waals surface area contributed by atoms with Crippen LogP contribution in [0.4, 0.5) is 5.69 Å². The van der Waals surface area contributed by atoms with Gasteiger partial charge in [-0.1, -0.05) is 42.9 Å². The minimum absolute atomic E-state index is 0.0380. The predicted octanol–water partition coefficient (Wildman–Crippen LogP) is 2.75. The van der Waals surface area contributed by atoms with Crippen molar-refractivity contribution in [3.63, 3.8) is 0 Å². The number of rotatable bonds is 19. The Morgan fingerprint density at radius 2 is 1.72 bits per heavy atom. The van der Waals surface area contributed by atoms with E-state index in [-0.39, 0.29) is 47.7 Å². The third-order valence-electron chi connectivity index (χ3n) is 10.5. The minimum atomic E-state index is -1.83. The van der Waals surface area contributed by atoms with Gasteiger partial charge in [0.15, 0.2) is 0 Å². The van der Waals surface area contributed by atoms with E-state index < -0.39 is 17.7 Å². The molecule has 5 heterocycles. The summed E-state index contributed by atoms with van der Waals surface area (Å²) in [5.74, 6) is -0.907. The van der Waals surface area contributed by atoms with Crippen LogP contribution in [0.15, 0.2) is 53.2 Å². The van der Waals surface area contributed by atoms with Gasteiger partial charge in [0.25, 0.3) is 0 Å². The molecule has 1 aromatic carbocycles. The van der Waals surface area contributed by atoms with Crippen molar-refractivity contribution in [2.75, 3.05) is 38.5 Å². The first-order chi connectivity index (χ1) is 24.1. The molecule has 2 amide bonds. The lowest BCUT2D eigenvalue weighted by atomic mass is 9.94. The highest BCUT2D eigenvalue weighted by molar-refractivity contribution is 7.12. The number of hydrogen-bond donors (Lipinski definition) is 5. The Labute approximate surface area is 300 Å². The van der Waals surface area contributed by atoms with Gasteiger partial charge in [-0.2, -0.15) is 0 Å². The molecule has 5 atom stereocenters. The van der Waals surface area contributed by atoms with Crippen molar-refractivity contribution in [3.8, 4) is 5.75 Å². The minimum Gasteiger partial charge on any atom is -0.871 e. The molecule has 3 aromatic rings. The van der Waals surface area contributed by atoms with Crippen molar-refractivity contribution in [1.82, 2.24) is 10.6 Å². The number of aliphatic hydroxyl groups is 2. The van der Waals surface area contributed by atoms with Crippen LogP contribution >= 0.6 is 22.7 Å². The lowest BCUT2D eigenvalue weighted by Gasteiger charge is -2.48.